The minimum Gasteiger partial charge on any atom is -0.263 e. The molecule has 0 radical (unpaired) electrons. The molecule has 3 aromatic rings. The molecule has 25 heavy (non-hydrogen) atoms. The van der Waals surface area contributed by atoms with E-state index < -0.39 is 21.9 Å². The van der Waals surface area contributed by atoms with E-state index in [1.807, 2.05) is 6.07 Å². The summed E-state index contributed by atoms with van der Waals surface area (Å²) in [6.07, 6.45) is 0. The SMILES string of the molecule is Cc1nc(C(NS(=O)(=O)c2ccc(F)cc2Br)c2ccccc2)n[nH]1. The normalized spacial score (nSPS) is 12.9. The van der Waals surface area contributed by atoms with E-state index in [0.29, 0.717) is 17.2 Å². The van der Waals surface area contributed by atoms with Gasteiger partial charge in [0.15, 0.2) is 5.82 Å². The van der Waals surface area contributed by atoms with Crippen molar-refractivity contribution in [3.05, 3.63) is 76.0 Å². The molecule has 6 nitrogen and oxygen atoms in total. The molecule has 1 unspecified atom stereocenters. The van der Waals surface area contributed by atoms with Crippen molar-refractivity contribution < 1.29 is 12.8 Å². The van der Waals surface area contributed by atoms with Gasteiger partial charge in [0.2, 0.25) is 10.0 Å². The number of aryl methyl sites for hydroxylation is 1. The second-order valence-electron chi connectivity index (χ2n) is 5.32. The summed E-state index contributed by atoms with van der Waals surface area (Å²) in [7, 11) is -3.95. The standard InChI is InChI=1S/C16H14BrFN4O2S/c1-10-19-16(21-20-10)15(11-5-3-2-4-6-11)22-25(23,24)14-8-7-12(18)9-13(14)17/h2-9,15,22H,1H3,(H,19,20,21). The summed E-state index contributed by atoms with van der Waals surface area (Å²) in [5.74, 6) is 0.332. The number of aromatic amines is 1. The lowest BCUT2D eigenvalue weighted by molar-refractivity contribution is 0.566. The van der Waals surface area contributed by atoms with Crippen LogP contribution < -0.4 is 4.72 Å². The van der Waals surface area contributed by atoms with Crippen LogP contribution in [-0.4, -0.2) is 23.6 Å². The van der Waals surface area contributed by atoms with Crippen LogP contribution in [-0.2, 0) is 10.0 Å². The van der Waals surface area contributed by atoms with E-state index in [9.17, 15) is 12.8 Å². The number of benzene rings is 2. The highest BCUT2D eigenvalue weighted by Gasteiger charge is 2.27. The van der Waals surface area contributed by atoms with Crippen LogP contribution >= 0.6 is 15.9 Å². The first-order chi connectivity index (χ1) is 11.9. The Morgan fingerprint density at radius 1 is 1.20 bits per heavy atom. The molecule has 0 amide bonds. The number of halogens is 2. The fraction of sp³-hybridized carbons (Fsp3) is 0.125. The summed E-state index contributed by atoms with van der Waals surface area (Å²) < 4.78 is 41.6. The van der Waals surface area contributed by atoms with E-state index in [1.165, 1.54) is 6.07 Å². The van der Waals surface area contributed by atoms with Crippen LogP contribution in [0.25, 0.3) is 0 Å². The van der Waals surface area contributed by atoms with Crippen LogP contribution in [0, 0.1) is 12.7 Å². The van der Waals surface area contributed by atoms with Crippen molar-refractivity contribution >= 4 is 26.0 Å². The first kappa shape index (κ1) is 17.7. The average molecular weight is 425 g/mol. The predicted molar refractivity (Wildman–Crippen MR) is 93.8 cm³/mol. The van der Waals surface area contributed by atoms with E-state index in [1.54, 1.807) is 31.2 Å². The summed E-state index contributed by atoms with van der Waals surface area (Å²) in [6, 6.07) is 11.6. The van der Waals surface area contributed by atoms with Crippen molar-refractivity contribution in [3.8, 4) is 0 Å². The molecule has 1 aromatic heterocycles. The smallest absolute Gasteiger partial charge is 0.242 e. The van der Waals surface area contributed by atoms with E-state index in [0.717, 1.165) is 12.1 Å². The summed E-state index contributed by atoms with van der Waals surface area (Å²) in [5, 5.41) is 6.78. The molecular weight excluding hydrogens is 411 g/mol. The zero-order valence-electron chi connectivity index (χ0n) is 13.1. The maximum atomic E-state index is 13.3. The van der Waals surface area contributed by atoms with Gasteiger partial charge in [-0.1, -0.05) is 30.3 Å². The van der Waals surface area contributed by atoms with Gasteiger partial charge in [-0.3, -0.25) is 5.10 Å². The Hall–Kier alpha value is -2.10. The van der Waals surface area contributed by atoms with Gasteiger partial charge < -0.3 is 0 Å². The molecule has 2 aromatic carbocycles. The van der Waals surface area contributed by atoms with Gasteiger partial charge >= 0.3 is 0 Å². The fourth-order valence-electron chi connectivity index (χ4n) is 2.32. The molecule has 1 heterocycles. The number of nitrogens with one attached hydrogen (secondary N) is 2. The molecule has 3 rings (SSSR count). The molecule has 0 spiro atoms. The molecule has 0 aliphatic heterocycles. The van der Waals surface area contributed by atoms with E-state index >= 15 is 0 Å². The lowest BCUT2D eigenvalue weighted by Crippen LogP contribution is -2.30. The Kier molecular flexibility index (Phi) is 4.98. The number of sulfonamides is 1. The quantitative estimate of drug-likeness (QED) is 0.658. The average Bonchev–Trinajstić information content (AvgIpc) is 2.99. The largest absolute Gasteiger partial charge is 0.263 e. The first-order valence-corrected chi connectivity index (χ1v) is 9.55. The van der Waals surface area contributed by atoms with Crippen molar-refractivity contribution in [1.82, 2.24) is 19.9 Å². The lowest BCUT2D eigenvalue weighted by atomic mass is 10.1. The highest BCUT2D eigenvalue weighted by molar-refractivity contribution is 9.10. The molecule has 0 fully saturated rings. The molecule has 2 N–H and O–H groups in total. The molecule has 9 heteroatoms. The number of rotatable bonds is 5. The topological polar surface area (TPSA) is 87.7 Å². The highest BCUT2D eigenvalue weighted by Crippen LogP contribution is 2.26. The summed E-state index contributed by atoms with van der Waals surface area (Å²) >= 11 is 3.09. The Morgan fingerprint density at radius 3 is 2.52 bits per heavy atom. The third-order valence-electron chi connectivity index (χ3n) is 3.46. The van der Waals surface area contributed by atoms with Crippen molar-refractivity contribution in [2.75, 3.05) is 0 Å². The molecular formula is C16H14BrFN4O2S. The molecule has 0 saturated heterocycles. The monoisotopic (exact) mass is 424 g/mol. The minimum atomic E-state index is -3.95. The van der Waals surface area contributed by atoms with Gasteiger partial charge in [0.05, 0.1) is 4.90 Å². The van der Waals surface area contributed by atoms with Gasteiger partial charge in [0.1, 0.15) is 17.7 Å². The summed E-state index contributed by atoms with van der Waals surface area (Å²) in [5.41, 5.74) is 0.684. The number of aromatic nitrogens is 3. The number of hydrogen-bond acceptors (Lipinski definition) is 4. The zero-order valence-corrected chi connectivity index (χ0v) is 15.5. The van der Waals surface area contributed by atoms with Crippen molar-refractivity contribution in [2.24, 2.45) is 0 Å². The van der Waals surface area contributed by atoms with Crippen molar-refractivity contribution in [3.63, 3.8) is 0 Å². The van der Waals surface area contributed by atoms with Crippen LogP contribution in [0.1, 0.15) is 23.3 Å². The van der Waals surface area contributed by atoms with Crippen molar-refractivity contribution in [1.29, 1.82) is 0 Å². The fourth-order valence-corrected chi connectivity index (χ4v) is 4.55. The number of hydrogen-bond donors (Lipinski definition) is 2. The Labute approximate surface area is 152 Å². The Balaban J connectivity index is 2.03. The third-order valence-corrected chi connectivity index (χ3v) is 5.86. The Bertz CT molecular complexity index is 992. The van der Waals surface area contributed by atoms with Crippen LogP contribution in [0.2, 0.25) is 0 Å². The van der Waals surface area contributed by atoms with Gasteiger partial charge in [-0.05, 0) is 46.6 Å². The third kappa shape index (κ3) is 3.94. The van der Waals surface area contributed by atoms with Gasteiger partial charge in [-0.2, -0.15) is 9.82 Å². The predicted octanol–water partition coefficient (Wildman–Crippen LogP) is 3.08. The molecule has 0 aliphatic carbocycles. The number of H-pyrrole nitrogens is 1. The van der Waals surface area contributed by atoms with Gasteiger partial charge in [-0.25, -0.2) is 17.8 Å². The zero-order chi connectivity index (χ0) is 18.0. The second kappa shape index (κ2) is 7.03. The maximum absolute atomic E-state index is 13.3. The van der Waals surface area contributed by atoms with E-state index in [4.69, 9.17) is 0 Å². The molecule has 0 saturated carbocycles. The molecule has 0 aliphatic rings. The van der Waals surface area contributed by atoms with Gasteiger partial charge in [0.25, 0.3) is 0 Å². The van der Waals surface area contributed by atoms with Gasteiger partial charge in [0, 0.05) is 4.47 Å². The Morgan fingerprint density at radius 2 is 1.92 bits per heavy atom. The first-order valence-electron chi connectivity index (χ1n) is 7.28. The molecule has 130 valence electrons. The molecule has 0 bridgehead atoms. The summed E-state index contributed by atoms with van der Waals surface area (Å²) in [6.45, 7) is 1.73. The number of nitrogens with zero attached hydrogens (tertiary/aromatic N) is 2. The maximum Gasteiger partial charge on any atom is 0.242 e. The van der Waals surface area contributed by atoms with Crippen LogP contribution in [0.3, 0.4) is 0 Å². The van der Waals surface area contributed by atoms with E-state index in [2.05, 4.69) is 35.8 Å². The minimum absolute atomic E-state index is 0.0675. The van der Waals surface area contributed by atoms with Crippen LogP contribution in [0.4, 0.5) is 4.39 Å². The van der Waals surface area contributed by atoms with Gasteiger partial charge in [-0.15, -0.1) is 0 Å². The second-order valence-corrected chi connectivity index (χ2v) is 7.86. The highest BCUT2D eigenvalue weighted by atomic mass is 79.9. The van der Waals surface area contributed by atoms with Crippen molar-refractivity contribution in [2.45, 2.75) is 17.9 Å². The van der Waals surface area contributed by atoms with Crippen LogP contribution in [0.5, 0.6) is 0 Å². The summed E-state index contributed by atoms with van der Waals surface area (Å²) in [4.78, 5) is 4.17. The lowest BCUT2D eigenvalue weighted by Gasteiger charge is -2.17. The van der Waals surface area contributed by atoms with E-state index in [-0.39, 0.29) is 9.37 Å². The van der Waals surface area contributed by atoms with Crippen LogP contribution in [0.15, 0.2) is 57.9 Å². The molecule has 1 atom stereocenters.